The average molecular weight is 497 g/mol. The number of aryl methyl sites for hydroxylation is 1. The van der Waals surface area contributed by atoms with E-state index in [9.17, 15) is 18.8 Å². The summed E-state index contributed by atoms with van der Waals surface area (Å²) in [6.45, 7) is 0.154. The number of methoxy groups -OCH3 is 1. The molecule has 11 heteroatoms. The van der Waals surface area contributed by atoms with E-state index < -0.39 is 11.1 Å². The van der Waals surface area contributed by atoms with Crippen LogP contribution in [-0.2, 0) is 16.0 Å². The van der Waals surface area contributed by atoms with Gasteiger partial charge < -0.3 is 14.6 Å². The van der Waals surface area contributed by atoms with Crippen molar-refractivity contribution < 1.29 is 28.0 Å². The third-order valence-corrected chi connectivity index (χ3v) is 5.99. The lowest BCUT2D eigenvalue weighted by molar-refractivity contribution is -0.124. The van der Waals surface area contributed by atoms with E-state index in [-0.39, 0.29) is 42.6 Å². The van der Waals surface area contributed by atoms with Gasteiger partial charge in [-0.25, -0.2) is 4.39 Å². The normalized spacial score (nSPS) is 14.6. The highest BCUT2D eigenvalue weighted by molar-refractivity contribution is 8.18. The summed E-state index contributed by atoms with van der Waals surface area (Å²) in [5, 5.41) is 6.19. The van der Waals surface area contributed by atoms with E-state index in [4.69, 9.17) is 9.26 Å². The number of ether oxygens (including phenoxy) is 1. The summed E-state index contributed by atoms with van der Waals surface area (Å²) >= 11 is 0.807. The first-order valence-corrected chi connectivity index (χ1v) is 11.5. The van der Waals surface area contributed by atoms with Crippen LogP contribution in [0.3, 0.4) is 0 Å². The molecule has 1 saturated heterocycles. The first-order valence-electron chi connectivity index (χ1n) is 10.7. The van der Waals surface area contributed by atoms with E-state index in [1.165, 1.54) is 30.3 Å². The molecule has 0 atom stereocenters. The molecule has 0 radical (unpaired) electrons. The Hall–Kier alpha value is -3.99. The highest BCUT2D eigenvalue weighted by atomic mass is 32.2. The van der Waals surface area contributed by atoms with E-state index >= 15 is 0 Å². The summed E-state index contributed by atoms with van der Waals surface area (Å²) in [5.41, 5.74) is 1.37. The quantitative estimate of drug-likeness (QED) is 0.447. The number of carbonyl (C=O) groups excluding carboxylic acids is 3. The predicted octanol–water partition coefficient (Wildman–Crippen LogP) is 3.67. The van der Waals surface area contributed by atoms with Crippen LogP contribution in [0.4, 0.5) is 9.18 Å². The minimum atomic E-state index is -0.449. The molecule has 1 aliphatic heterocycles. The molecule has 1 aromatic heterocycles. The van der Waals surface area contributed by atoms with Gasteiger partial charge >= 0.3 is 0 Å². The molecule has 1 fully saturated rings. The molecule has 1 N–H and O–H groups in total. The van der Waals surface area contributed by atoms with Gasteiger partial charge in [0.05, 0.1) is 12.0 Å². The molecule has 3 amide bonds. The molecule has 3 aromatic rings. The Morgan fingerprint density at radius 1 is 1.17 bits per heavy atom. The maximum Gasteiger partial charge on any atom is 0.293 e. The van der Waals surface area contributed by atoms with Crippen LogP contribution in [0.2, 0.25) is 0 Å². The molecule has 0 aliphatic carbocycles. The molecule has 9 nitrogen and oxygen atoms in total. The smallest absolute Gasteiger partial charge is 0.293 e. The largest absolute Gasteiger partial charge is 0.497 e. The van der Waals surface area contributed by atoms with E-state index in [0.29, 0.717) is 23.0 Å². The third kappa shape index (κ3) is 6.12. The van der Waals surface area contributed by atoms with Crippen LogP contribution in [0, 0.1) is 5.82 Å². The van der Waals surface area contributed by atoms with Crippen LogP contribution in [0.1, 0.15) is 17.9 Å². The monoisotopic (exact) mass is 496 g/mol. The number of thioether (sulfide) groups is 1. The summed E-state index contributed by atoms with van der Waals surface area (Å²) in [7, 11) is 1.58. The molecule has 35 heavy (non-hydrogen) atoms. The minimum absolute atomic E-state index is 0.0410. The molecule has 1 aliphatic rings. The Bertz CT molecular complexity index is 1260. The Labute approximate surface area is 204 Å². The third-order valence-electron chi connectivity index (χ3n) is 5.08. The number of imide groups is 1. The van der Waals surface area contributed by atoms with Crippen molar-refractivity contribution in [3.63, 3.8) is 0 Å². The van der Waals surface area contributed by atoms with Crippen LogP contribution in [0.15, 0.2) is 58.0 Å². The molecular weight excluding hydrogens is 475 g/mol. The number of halogens is 1. The second-order valence-corrected chi connectivity index (χ2v) is 8.47. The van der Waals surface area contributed by atoms with Gasteiger partial charge in [-0.05, 0) is 59.8 Å². The van der Waals surface area contributed by atoms with Crippen molar-refractivity contribution in [2.75, 3.05) is 20.2 Å². The summed E-state index contributed by atoms with van der Waals surface area (Å²) in [6.07, 6.45) is 1.89. The fraction of sp³-hybridized carbons (Fsp3) is 0.208. The van der Waals surface area contributed by atoms with Crippen LogP contribution in [0.5, 0.6) is 5.75 Å². The maximum atomic E-state index is 13.0. The highest BCUT2D eigenvalue weighted by Crippen LogP contribution is 2.31. The zero-order valence-corrected chi connectivity index (χ0v) is 19.5. The molecule has 4 rings (SSSR count). The lowest BCUT2D eigenvalue weighted by Gasteiger charge is -2.12. The van der Waals surface area contributed by atoms with E-state index in [0.717, 1.165) is 22.2 Å². The lowest BCUT2D eigenvalue weighted by Crippen LogP contribution is -2.37. The Morgan fingerprint density at radius 2 is 1.91 bits per heavy atom. The average Bonchev–Trinajstić information content (AvgIpc) is 3.44. The first-order chi connectivity index (χ1) is 16.9. The van der Waals surface area contributed by atoms with Gasteiger partial charge in [-0.2, -0.15) is 4.98 Å². The number of nitrogens with zero attached hydrogens (tertiary/aromatic N) is 3. The molecule has 0 bridgehead atoms. The van der Waals surface area contributed by atoms with Gasteiger partial charge in [-0.15, -0.1) is 0 Å². The van der Waals surface area contributed by atoms with E-state index in [1.54, 1.807) is 31.4 Å². The number of hydrogen-bond acceptors (Lipinski definition) is 8. The van der Waals surface area contributed by atoms with Crippen molar-refractivity contribution in [1.82, 2.24) is 20.4 Å². The zero-order valence-electron chi connectivity index (χ0n) is 18.7. The summed E-state index contributed by atoms with van der Waals surface area (Å²) in [4.78, 5) is 42.5. The van der Waals surface area contributed by atoms with Crippen LogP contribution in [-0.4, -0.2) is 52.3 Å². The van der Waals surface area contributed by atoms with Crippen molar-refractivity contribution in [1.29, 1.82) is 0 Å². The Balaban J connectivity index is 1.23. The maximum absolute atomic E-state index is 13.0. The van der Waals surface area contributed by atoms with Gasteiger partial charge in [-0.1, -0.05) is 17.3 Å². The van der Waals surface area contributed by atoms with Crippen LogP contribution in [0.25, 0.3) is 17.5 Å². The molecule has 0 unspecified atom stereocenters. The Kier molecular flexibility index (Phi) is 7.56. The fourth-order valence-electron chi connectivity index (χ4n) is 3.23. The zero-order chi connectivity index (χ0) is 24.8. The number of benzene rings is 2. The van der Waals surface area contributed by atoms with Gasteiger partial charge in [-0.3, -0.25) is 19.3 Å². The summed E-state index contributed by atoms with van der Waals surface area (Å²) in [5.74, 6) is 0.338. The van der Waals surface area contributed by atoms with Gasteiger partial charge in [0.25, 0.3) is 11.1 Å². The van der Waals surface area contributed by atoms with Gasteiger partial charge in [0.15, 0.2) is 0 Å². The van der Waals surface area contributed by atoms with Crippen LogP contribution < -0.4 is 10.1 Å². The molecule has 0 saturated carbocycles. The number of aromatic nitrogens is 2. The summed E-state index contributed by atoms with van der Waals surface area (Å²) < 4.78 is 23.4. The molecule has 2 aromatic carbocycles. The topological polar surface area (TPSA) is 115 Å². The molecule has 2 heterocycles. The predicted molar refractivity (Wildman–Crippen MR) is 127 cm³/mol. The number of nitrogens with one attached hydrogen (secondary N) is 1. The van der Waals surface area contributed by atoms with Crippen molar-refractivity contribution in [3.8, 4) is 17.1 Å². The molecule has 0 spiro atoms. The standard InChI is InChI=1S/C24H21FN4O5S/c1-33-18-8-4-16(5-9-18)22-27-21(34-28-22)11-10-20(30)26-12-13-29-23(31)19(35-24(29)32)14-15-2-6-17(25)7-3-15/h2-9,14H,10-13H2,1H3,(H,26,30)/b19-14-. The van der Waals surface area contributed by atoms with Crippen molar-refractivity contribution in [2.24, 2.45) is 0 Å². The second-order valence-electron chi connectivity index (χ2n) is 7.48. The van der Waals surface area contributed by atoms with Crippen LogP contribution >= 0.6 is 11.8 Å². The van der Waals surface area contributed by atoms with E-state index in [1.807, 2.05) is 0 Å². The number of rotatable bonds is 9. The van der Waals surface area contributed by atoms with Gasteiger partial charge in [0.1, 0.15) is 11.6 Å². The molecular formula is C24H21FN4O5S. The Morgan fingerprint density at radius 3 is 2.63 bits per heavy atom. The number of carbonyl (C=O) groups is 3. The fourth-order valence-corrected chi connectivity index (χ4v) is 4.10. The van der Waals surface area contributed by atoms with Gasteiger partial charge in [0.2, 0.25) is 17.6 Å². The van der Waals surface area contributed by atoms with Gasteiger partial charge in [0, 0.05) is 31.5 Å². The van der Waals surface area contributed by atoms with Crippen molar-refractivity contribution in [2.45, 2.75) is 12.8 Å². The van der Waals surface area contributed by atoms with Crippen molar-refractivity contribution in [3.05, 3.63) is 70.7 Å². The van der Waals surface area contributed by atoms with E-state index in [2.05, 4.69) is 15.5 Å². The number of amides is 3. The highest BCUT2D eigenvalue weighted by Gasteiger charge is 2.34. The number of hydrogen-bond donors (Lipinski definition) is 1. The molecule has 180 valence electrons. The SMILES string of the molecule is COc1ccc(-c2noc(CCC(=O)NCCN3C(=O)S/C(=C\c4ccc(F)cc4)C3=O)n2)cc1. The van der Waals surface area contributed by atoms with Crippen molar-refractivity contribution >= 4 is 34.9 Å². The summed E-state index contributed by atoms with van der Waals surface area (Å²) in [6, 6.07) is 12.8. The second kappa shape index (κ2) is 11.0. The first kappa shape index (κ1) is 24.1. The lowest BCUT2D eigenvalue weighted by atomic mass is 10.2. The minimum Gasteiger partial charge on any atom is -0.497 e.